The quantitative estimate of drug-likeness (QED) is 0.640. The lowest BCUT2D eigenvalue weighted by Gasteiger charge is -1.97. The molecule has 3 rings (SSSR count). The second kappa shape index (κ2) is 4.11. The van der Waals surface area contributed by atoms with Crippen molar-refractivity contribution in [1.29, 1.82) is 0 Å². The molecule has 0 atom stereocenters. The standard InChI is InChI=1S/C15H12N2O/c1-11(18)13-8-5-9-17-10-14(16-15(13)17)12-6-3-2-4-7-12/h2-10H,1H3. The summed E-state index contributed by atoms with van der Waals surface area (Å²) in [7, 11) is 0. The Balaban J connectivity index is 2.23. The topological polar surface area (TPSA) is 34.4 Å². The van der Waals surface area contributed by atoms with Crippen LogP contribution in [0.4, 0.5) is 0 Å². The van der Waals surface area contributed by atoms with E-state index in [1.54, 1.807) is 13.0 Å². The molecule has 3 aromatic rings. The number of hydrogen-bond acceptors (Lipinski definition) is 2. The van der Waals surface area contributed by atoms with Crippen LogP contribution >= 0.6 is 0 Å². The van der Waals surface area contributed by atoms with Gasteiger partial charge in [-0.25, -0.2) is 4.98 Å². The third-order valence-corrected chi connectivity index (χ3v) is 2.93. The normalized spacial score (nSPS) is 10.7. The van der Waals surface area contributed by atoms with Crippen molar-refractivity contribution in [2.24, 2.45) is 0 Å². The molecule has 0 fully saturated rings. The minimum atomic E-state index is 0.0332. The minimum absolute atomic E-state index is 0.0332. The number of pyridine rings is 1. The lowest BCUT2D eigenvalue weighted by Crippen LogP contribution is -1.96. The molecule has 0 saturated carbocycles. The van der Waals surface area contributed by atoms with Crippen LogP contribution in [0, 0.1) is 0 Å². The van der Waals surface area contributed by atoms with Crippen molar-refractivity contribution in [1.82, 2.24) is 9.38 Å². The Morgan fingerprint density at radius 1 is 1.11 bits per heavy atom. The van der Waals surface area contributed by atoms with Crippen LogP contribution in [0.25, 0.3) is 16.9 Å². The molecular formula is C15H12N2O. The minimum Gasteiger partial charge on any atom is -0.306 e. The Hall–Kier alpha value is -2.42. The Morgan fingerprint density at radius 2 is 1.89 bits per heavy atom. The van der Waals surface area contributed by atoms with E-state index in [0.29, 0.717) is 11.2 Å². The van der Waals surface area contributed by atoms with Crippen molar-refractivity contribution in [2.45, 2.75) is 6.92 Å². The van der Waals surface area contributed by atoms with Crippen LogP contribution in [0.15, 0.2) is 54.9 Å². The van der Waals surface area contributed by atoms with Crippen LogP contribution in [0.1, 0.15) is 17.3 Å². The van der Waals surface area contributed by atoms with Crippen molar-refractivity contribution < 1.29 is 4.79 Å². The SMILES string of the molecule is CC(=O)c1cccn2cc(-c3ccccc3)nc12. The molecule has 88 valence electrons. The summed E-state index contributed by atoms with van der Waals surface area (Å²) >= 11 is 0. The number of rotatable bonds is 2. The molecule has 0 amide bonds. The number of fused-ring (bicyclic) bond motifs is 1. The average molecular weight is 236 g/mol. The maximum atomic E-state index is 11.6. The van der Waals surface area contributed by atoms with Crippen molar-refractivity contribution in [3.8, 4) is 11.3 Å². The molecular weight excluding hydrogens is 224 g/mol. The lowest BCUT2D eigenvalue weighted by atomic mass is 10.2. The summed E-state index contributed by atoms with van der Waals surface area (Å²) in [5, 5.41) is 0. The van der Waals surface area contributed by atoms with Gasteiger partial charge in [0.25, 0.3) is 0 Å². The van der Waals surface area contributed by atoms with Crippen molar-refractivity contribution in [3.63, 3.8) is 0 Å². The number of ketones is 1. The zero-order chi connectivity index (χ0) is 12.5. The molecule has 0 aliphatic carbocycles. The van der Waals surface area contributed by atoms with E-state index < -0.39 is 0 Å². The molecule has 18 heavy (non-hydrogen) atoms. The first-order chi connectivity index (χ1) is 8.75. The molecule has 3 heteroatoms. The monoisotopic (exact) mass is 236 g/mol. The number of benzene rings is 1. The van der Waals surface area contributed by atoms with Crippen molar-refractivity contribution >= 4 is 11.4 Å². The zero-order valence-electron chi connectivity index (χ0n) is 10.00. The van der Waals surface area contributed by atoms with Gasteiger partial charge in [-0.2, -0.15) is 0 Å². The van der Waals surface area contributed by atoms with Gasteiger partial charge in [0.2, 0.25) is 0 Å². The molecule has 0 unspecified atom stereocenters. The summed E-state index contributed by atoms with van der Waals surface area (Å²) in [6, 6.07) is 13.6. The number of nitrogens with zero attached hydrogens (tertiary/aromatic N) is 2. The summed E-state index contributed by atoms with van der Waals surface area (Å²) in [4.78, 5) is 16.1. The molecule has 2 heterocycles. The van der Waals surface area contributed by atoms with E-state index in [9.17, 15) is 4.79 Å². The highest BCUT2D eigenvalue weighted by Crippen LogP contribution is 2.20. The molecule has 0 aliphatic heterocycles. The van der Waals surface area contributed by atoms with E-state index in [1.165, 1.54) is 0 Å². The zero-order valence-corrected chi connectivity index (χ0v) is 10.00. The third kappa shape index (κ3) is 1.70. The van der Waals surface area contributed by atoms with Gasteiger partial charge in [0.1, 0.15) is 5.65 Å². The van der Waals surface area contributed by atoms with E-state index in [-0.39, 0.29) is 5.78 Å². The Bertz CT molecular complexity index is 714. The maximum absolute atomic E-state index is 11.6. The fraction of sp³-hybridized carbons (Fsp3) is 0.0667. The molecule has 0 spiro atoms. The van der Waals surface area contributed by atoms with Gasteiger partial charge >= 0.3 is 0 Å². The fourth-order valence-corrected chi connectivity index (χ4v) is 2.04. The highest BCUT2D eigenvalue weighted by Gasteiger charge is 2.10. The molecule has 0 aliphatic rings. The van der Waals surface area contributed by atoms with E-state index in [0.717, 1.165) is 11.3 Å². The van der Waals surface area contributed by atoms with Crippen LogP contribution in [0.5, 0.6) is 0 Å². The first-order valence-corrected chi connectivity index (χ1v) is 5.80. The second-order valence-electron chi connectivity index (χ2n) is 4.20. The smallest absolute Gasteiger partial charge is 0.163 e. The summed E-state index contributed by atoms with van der Waals surface area (Å²) in [5.41, 5.74) is 3.29. The Kier molecular flexibility index (Phi) is 2.45. The van der Waals surface area contributed by atoms with Crippen LogP contribution in [0.3, 0.4) is 0 Å². The van der Waals surface area contributed by atoms with Gasteiger partial charge in [-0.3, -0.25) is 4.79 Å². The fourth-order valence-electron chi connectivity index (χ4n) is 2.04. The number of aromatic nitrogens is 2. The van der Waals surface area contributed by atoms with E-state index in [1.807, 2.05) is 53.2 Å². The highest BCUT2D eigenvalue weighted by molar-refractivity contribution is 6.00. The molecule has 2 aromatic heterocycles. The lowest BCUT2D eigenvalue weighted by molar-refractivity contribution is 0.101. The molecule has 0 bridgehead atoms. The molecule has 1 aromatic carbocycles. The van der Waals surface area contributed by atoms with E-state index in [2.05, 4.69) is 4.98 Å². The van der Waals surface area contributed by atoms with Gasteiger partial charge < -0.3 is 4.40 Å². The number of Topliss-reactive ketones (excluding diaryl/α,β-unsaturated/α-hetero) is 1. The van der Waals surface area contributed by atoms with Crippen molar-refractivity contribution in [2.75, 3.05) is 0 Å². The summed E-state index contributed by atoms with van der Waals surface area (Å²) < 4.78 is 1.89. The third-order valence-electron chi connectivity index (χ3n) is 2.93. The predicted octanol–water partition coefficient (Wildman–Crippen LogP) is 3.20. The summed E-state index contributed by atoms with van der Waals surface area (Å²) in [6.45, 7) is 1.56. The van der Waals surface area contributed by atoms with E-state index in [4.69, 9.17) is 0 Å². The van der Waals surface area contributed by atoms with Gasteiger partial charge in [-0.1, -0.05) is 30.3 Å². The first kappa shape index (κ1) is 10.7. The summed E-state index contributed by atoms with van der Waals surface area (Å²) in [6.07, 6.45) is 3.85. The van der Waals surface area contributed by atoms with Crippen LogP contribution in [-0.4, -0.2) is 15.2 Å². The summed E-state index contributed by atoms with van der Waals surface area (Å²) in [5.74, 6) is 0.0332. The second-order valence-corrected chi connectivity index (χ2v) is 4.20. The van der Waals surface area contributed by atoms with Crippen LogP contribution in [0.2, 0.25) is 0 Å². The largest absolute Gasteiger partial charge is 0.306 e. The van der Waals surface area contributed by atoms with Gasteiger partial charge in [-0.05, 0) is 19.1 Å². The van der Waals surface area contributed by atoms with Crippen LogP contribution in [-0.2, 0) is 0 Å². The molecule has 0 saturated heterocycles. The molecule has 0 N–H and O–H groups in total. The van der Waals surface area contributed by atoms with Gasteiger partial charge in [0.15, 0.2) is 5.78 Å². The first-order valence-electron chi connectivity index (χ1n) is 5.80. The number of imidazole rings is 1. The van der Waals surface area contributed by atoms with Gasteiger partial charge in [0, 0.05) is 18.0 Å². The molecule has 0 radical (unpaired) electrons. The highest BCUT2D eigenvalue weighted by atomic mass is 16.1. The van der Waals surface area contributed by atoms with E-state index >= 15 is 0 Å². The van der Waals surface area contributed by atoms with Crippen LogP contribution < -0.4 is 0 Å². The van der Waals surface area contributed by atoms with Gasteiger partial charge in [0.05, 0.1) is 11.3 Å². The van der Waals surface area contributed by atoms with Crippen molar-refractivity contribution in [3.05, 3.63) is 60.4 Å². The Morgan fingerprint density at radius 3 is 2.61 bits per heavy atom. The Labute approximate surface area is 105 Å². The average Bonchev–Trinajstić information content (AvgIpc) is 2.83. The predicted molar refractivity (Wildman–Crippen MR) is 70.6 cm³/mol. The number of carbonyl (C=O) groups is 1. The van der Waals surface area contributed by atoms with Gasteiger partial charge in [-0.15, -0.1) is 0 Å². The number of hydrogen-bond donors (Lipinski definition) is 0. The molecule has 3 nitrogen and oxygen atoms in total. The number of carbonyl (C=O) groups excluding carboxylic acids is 1. The maximum Gasteiger partial charge on any atom is 0.163 e.